The van der Waals surface area contributed by atoms with E-state index in [1.54, 1.807) is 11.0 Å². The van der Waals surface area contributed by atoms with Crippen molar-refractivity contribution >= 4 is 33.0 Å². The molecule has 0 aromatic heterocycles. The molecule has 1 aliphatic rings. The maximum absolute atomic E-state index is 14.7. The normalized spacial score (nSPS) is 14.6. The van der Waals surface area contributed by atoms with Crippen LogP contribution in [-0.4, -0.2) is 64.0 Å². The molecule has 0 bridgehead atoms. The Bertz CT molecular complexity index is 1180. The first-order chi connectivity index (χ1) is 15.6. The van der Waals surface area contributed by atoms with Gasteiger partial charge in [0.1, 0.15) is 22.1 Å². The molecule has 0 atom stereocenters. The highest BCUT2D eigenvalue weighted by atomic mass is 32.2. The first kappa shape index (κ1) is 24.2. The van der Waals surface area contributed by atoms with Gasteiger partial charge in [-0.2, -0.15) is 4.31 Å². The average molecular weight is 482 g/mol. The van der Waals surface area contributed by atoms with E-state index in [1.165, 1.54) is 43.6 Å². The summed E-state index contributed by atoms with van der Waals surface area (Å²) in [5.74, 6) is -0.869. The van der Waals surface area contributed by atoms with Crippen molar-refractivity contribution in [3.8, 4) is 11.5 Å². The van der Waals surface area contributed by atoms with Crippen LogP contribution in [0.3, 0.4) is 0 Å². The van der Waals surface area contributed by atoms with Crippen molar-refractivity contribution in [2.24, 2.45) is 0 Å². The number of amides is 1. The Kier molecular flexibility index (Phi) is 7.03. The summed E-state index contributed by atoms with van der Waals surface area (Å²) < 4.78 is 52.7. The number of nitrogens with one attached hydrogen (secondary N) is 1. The maximum atomic E-state index is 14.7. The molecule has 1 heterocycles. The smallest absolute Gasteiger partial charge is 0.295 e. The molecule has 1 fully saturated rings. The number of nitrogens with zero attached hydrogens (tertiary/aromatic N) is 3. The topological polar surface area (TPSA) is 131 Å². The van der Waals surface area contributed by atoms with Gasteiger partial charge in [0.15, 0.2) is 5.82 Å². The zero-order chi connectivity index (χ0) is 24.3. The molecule has 1 saturated heterocycles. The minimum absolute atomic E-state index is 0.0281. The Morgan fingerprint density at radius 2 is 1.79 bits per heavy atom. The third-order valence-electron chi connectivity index (χ3n) is 5.14. The SMILES string of the molecule is COc1ccc(OC)c(S(=O)(=O)N2CCN(c3cc(NC(C)=O)c([N+](=O)[O-])cc3F)CC2)c1. The Morgan fingerprint density at radius 3 is 2.33 bits per heavy atom. The number of ether oxygens (including phenoxy) is 2. The van der Waals surface area contributed by atoms with Gasteiger partial charge in [0, 0.05) is 39.2 Å². The molecule has 33 heavy (non-hydrogen) atoms. The second kappa shape index (κ2) is 9.58. The lowest BCUT2D eigenvalue weighted by molar-refractivity contribution is -0.384. The standard InChI is InChI=1S/C20H23FN4O7S/c1-13(26)22-16-12-17(15(21)11-18(16)25(27)28)23-6-8-24(9-7-23)33(29,30)20-10-14(31-2)4-5-19(20)32-3/h4-5,10-12H,6-9H2,1-3H3,(H,22,26). The largest absolute Gasteiger partial charge is 0.497 e. The van der Waals surface area contributed by atoms with Crippen LogP contribution in [0.5, 0.6) is 11.5 Å². The minimum atomic E-state index is -3.93. The van der Waals surface area contributed by atoms with Crippen LogP contribution in [0, 0.1) is 15.9 Å². The van der Waals surface area contributed by atoms with Crippen molar-refractivity contribution in [2.45, 2.75) is 11.8 Å². The maximum Gasteiger partial charge on any atom is 0.295 e. The fraction of sp³-hybridized carbons (Fsp3) is 0.350. The molecule has 0 aliphatic carbocycles. The second-order valence-electron chi connectivity index (χ2n) is 7.17. The number of carbonyl (C=O) groups excluding carboxylic acids is 1. The van der Waals surface area contributed by atoms with E-state index in [4.69, 9.17) is 9.47 Å². The molecular formula is C20H23FN4O7S. The summed E-state index contributed by atoms with van der Waals surface area (Å²) in [5.41, 5.74) is -0.682. The second-order valence-corrected chi connectivity index (χ2v) is 9.07. The number of hydrogen-bond acceptors (Lipinski definition) is 8. The van der Waals surface area contributed by atoms with Crippen molar-refractivity contribution in [1.29, 1.82) is 0 Å². The molecule has 2 aromatic carbocycles. The van der Waals surface area contributed by atoms with Crippen molar-refractivity contribution in [3.05, 3.63) is 46.3 Å². The number of rotatable bonds is 7. The van der Waals surface area contributed by atoms with E-state index in [-0.39, 0.29) is 48.2 Å². The summed E-state index contributed by atoms with van der Waals surface area (Å²) in [6.07, 6.45) is 0. The monoisotopic (exact) mass is 482 g/mol. The number of anilines is 2. The van der Waals surface area contributed by atoms with Gasteiger partial charge in [-0.15, -0.1) is 0 Å². The summed E-state index contributed by atoms with van der Waals surface area (Å²) in [6, 6.07) is 6.38. The number of nitro benzene ring substituents is 1. The fourth-order valence-corrected chi connectivity index (χ4v) is 5.12. The number of carbonyl (C=O) groups is 1. The van der Waals surface area contributed by atoms with E-state index in [0.717, 1.165) is 6.07 Å². The van der Waals surface area contributed by atoms with Gasteiger partial charge >= 0.3 is 0 Å². The molecule has 1 aliphatic heterocycles. The first-order valence-electron chi connectivity index (χ1n) is 9.81. The molecule has 13 heteroatoms. The first-order valence-corrected chi connectivity index (χ1v) is 11.2. The quantitative estimate of drug-likeness (QED) is 0.469. The van der Waals surface area contributed by atoms with Crippen molar-refractivity contribution in [1.82, 2.24) is 4.31 Å². The van der Waals surface area contributed by atoms with Crippen molar-refractivity contribution in [2.75, 3.05) is 50.6 Å². The lowest BCUT2D eigenvalue weighted by Crippen LogP contribution is -2.49. The van der Waals surface area contributed by atoms with E-state index in [2.05, 4.69) is 5.32 Å². The summed E-state index contributed by atoms with van der Waals surface area (Å²) in [4.78, 5) is 23.4. The van der Waals surface area contributed by atoms with Crippen LogP contribution in [0.1, 0.15) is 6.92 Å². The molecule has 0 spiro atoms. The van der Waals surface area contributed by atoms with Crippen LogP contribution in [-0.2, 0) is 14.8 Å². The Hall–Kier alpha value is -3.45. The van der Waals surface area contributed by atoms with Gasteiger partial charge in [-0.25, -0.2) is 12.8 Å². The molecule has 1 N–H and O–H groups in total. The lowest BCUT2D eigenvalue weighted by atomic mass is 10.2. The molecular weight excluding hydrogens is 459 g/mol. The number of methoxy groups -OCH3 is 2. The molecule has 178 valence electrons. The summed E-state index contributed by atoms with van der Waals surface area (Å²) in [7, 11) is -1.15. The fourth-order valence-electron chi connectivity index (χ4n) is 3.53. The van der Waals surface area contributed by atoms with Gasteiger partial charge in [-0.3, -0.25) is 14.9 Å². The van der Waals surface area contributed by atoms with Crippen LogP contribution >= 0.6 is 0 Å². The van der Waals surface area contributed by atoms with Gasteiger partial charge < -0.3 is 19.7 Å². The third-order valence-corrected chi connectivity index (χ3v) is 7.06. The van der Waals surface area contributed by atoms with E-state index in [0.29, 0.717) is 5.75 Å². The summed E-state index contributed by atoms with van der Waals surface area (Å²) >= 11 is 0. The summed E-state index contributed by atoms with van der Waals surface area (Å²) in [6.45, 7) is 1.51. The Labute approximate surface area is 189 Å². The molecule has 0 saturated carbocycles. The van der Waals surface area contributed by atoms with E-state index < -0.39 is 32.4 Å². The van der Waals surface area contributed by atoms with Crippen molar-refractivity contribution < 1.29 is 32.0 Å². The highest BCUT2D eigenvalue weighted by Crippen LogP contribution is 2.35. The minimum Gasteiger partial charge on any atom is -0.497 e. The number of hydrogen-bond donors (Lipinski definition) is 1. The zero-order valence-corrected chi connectivity index (χ0v) is 19.0. The lowest BCUT2D eigenvalue weighted by Gasteiger charge is -2.35. The Morgan fingerprint density at radius 1 is 1.12 bits per heavy atom. The number of halogens is 1. The molecule has 0 radical (unpaired) electrons. The van der Waals surface area contributed by atoms with Crippen LogP contribution in [0.2, 0.25) is 0 Å². The van der Waals surface area contributed by atoms with E-state index in [9.17, 15) is 27.7 Å². The third kappa shape index (κ3) is 4.98. The molecule has 0 unspecified atom stereocenters. The number of piperazine rings is 1. The van der Waals surface area contributed by atoms with E-state index in [1.807, 2.05) is 0 Å². The van der Waals surface area contributed by atoms with Crippen LogP contribution in [0.4, 0.5) is 21.5 Å². The highest BCUT2D eigenvalue weighted by Gasteiger charge is 2.32. The molecule has 1 amide bonds. The van der Waals surface area contributed by atoms with Crippen LogP contribution in [0.15, 0.2) is 35.2 Å². The van der Waals surface area contributed by atoms with Crippen LogP contribution in [0.25, 0.3) is 0 Å². The van der Waals surface area contributed by atoms with E-state index >= 15 is 0 Å². The van der Waals surface area contributed by atoms with Gasteiger partial charge in [0.2, 0.25) is 15.9 Å². The number of benzene rings is 2. The van der Waals surface area contributed by atoms with Crippen LogP contribution < -0.4 is 19.7 Å². The van der Waals surface area contributed by atoms with Gasteiger partial charge in [0.05, 0.1) is 30.9 Å². The number of sulfonamides is 1. The molecule has 3 rings (SSSR count). The predicted octanol–water partition coefficient (Wildman–Crippen LogP) is 2.22. The van der Waals surface area contributed by atoms with Gasteiger partial charge in [-0.1, -0.05) is 0 Å². The Balaban J connectivity index is 1.85. The zero-order valence-electron chi connectivity index (χ0n) is 18.2. The highest BCUT2D eigenvalue weighted by molar-refractivity contribution is 7.89. The average Bonchev–Trinajstić information content (AvgIpc) is 2.79. The van der Waals surface area contributed by atoms with Gasteiger partial charge in [0.25, 0.3) is 5.69 Å². The summed E-state index contributed by atoms with van der Waals surface area (Å²) in [5, 5.41) is 13.5. The number of nitro groups is 1. The van der Waals surface area contributed by atoms with Crippen molar-refractivity contribution in [3.63, 3.8) is 0 Å². The van der Waals surface area contributed by atoms with Gasteiger partial charge in [-0.05, 0) is 18.2 Å². The molecule has 11 nitrogen and oxygen atoms in total. The predicted molar refractivity (Wildman–Crippen MR) is 118 cm³/mol. The molecule has 2 aromatic rings.